The van der Waals surface area contributed by atoms with Gasteiger partial charge in [-0.1, -0.05) is 0 Å². The van der Waals surface area contributed by atoms with Gasteiger partial charge in [0.15, 0.2) is 5.82 Å². The summed E-state index contributed by atoms with van der Waals surface area (Å²) in [6.45, 7) is 0. The van der Waals surface area contributed by atoms with Crippen LogP contribution < -0.4 is 0 Å². The Morgan fingerprint density at radius 1 is 1.38 bits per heavy atom. The fourth-order valence-electron chi connectivity index (χ4n) is 0.587. The van der Waals surface area contributed by atoms with Gasteiger partial charge in [-0.05, 0) is 28.7 Å². The average molecular weight is 323 g/mol. The number of alkyl halides is 3. The second-order valence-corrected chi connectivity index (χ2v) is 4.29. The molecule has 0 amide bonds. The lowest BCUT2D eigenvalue weighted by Gasteiger charge is -2.04. The van der Waals surface area contributed by atoms with Crippen molar-refractivity contribution in [1.82, 2.24) is 4.98 Å². The highest BCUT2D eigenvalue weighted by Crippen LogP contribution is 2.36. The molecule has 1 rings (SSSR count). The molecule has 7 heteroatoms. The molecule has 1 nitrogen and oxygen atoms in total. The molecule has 0 saturated carbocycles. The van der Waals surface area contributed by atoms with Crippen LogP contribution in [-0.2, 0) is 0 Å². The maximum absolute atomic E-state index is 12.8. The van der Waals surface area contributed by atoms with Crippen molar-refractivity contribution in [3.8, 4) is 0 Å². The third kappa shape index (κ3) is 3.67. The van der Waals surface area contributed by atoms with Gasteiger partial charge in [0.05, 0.1) is 0 Å². The molecule has 0 bridgehead atoms. The fraction of sp³-hybridized carbons (Fsp3) is 0.167. The summed E-state index contributed by atoms with van der Waals surface area (Å²) in [5.41, 5.74) is -4.50. The lowest BCUT2D eigenvalue weighted by atomic mass is 10.5. The lowest BCUT2D eigenvalue weighted by molar-refractivity contribution is -0.0330. The Morgan fingerprint density at radius 2 is 2.00 bits per heavy atom. The minimum absolute atomic E-state index is 0.460. The van der Waals surface area contributed by atoms with Gasteiger partial charge in [-0.2, -0.15) is 13.2 Å². The number of hydrogen-bond donors (Lipinski definition) is 0. The topological polar surface area (TPSA) is 12.9 Å². The summed E-state index contributed by atoms with van der Waals surface area (Å²) in [5, 5.41) is -0.645. The van der Waals surface area contributed by atoms with E-state index in [2.05, 4.69) is 4.98 Å². The molecule has 0 fully saturated rings. The van der Waals surface area contributed by atoms with Gasteiger partial charge in [0.2, 0.25) is 0 Å². The molecule has 0 aliphatic rings. The summed E-state index contributed by atoms with van der Waals surface area (Å²) in [6, 6.07) is 1.00. The van der Waals surface area contributed by atoms with Gasteiger partial charge in [-0.25, -0.2) is 9.37 Å². The van der Waals surface area contributed by atoms with E-state index in [9.17, 15) is 17.6 Å². The molecule has 0 N–H and O–H groups in total. The Labute approximate surface area is 89.1 Å². The Bertz CT molecular complexity index is 314. The van der Waals surface area contributed by atoms with E-state index in [-0.39, 0.29) is 0 Å². The van der Waals surface area contributed by atoms with E-state index >= 15 is 0 Å². The van der Waals surface area contributed by atoms with Crippen LogP contribution in [0.5, 0.6) is 0 Å². The Balaban J connectivity index is 2.90. The molecule has 0 unspecified atom stereocenters. The smallest absolute Gasteiger partial charge is 0.245 e. The van der Waals surface area contributed by atoms with Gasteiger partial charge < -0.3 is 0 Å². The third-order valence-corrected chi connectivity index (χ3v) is 2.30. The van der Waals surface area contributed by atoms with E-state index in [1.807, 2.05) is 0 Å². The van der Waals surface area contributed by atoms with Gasteiger partial charge in [0, 0.05) is 21.5 Å². The molecule has 72 valence electrons. The van der Waals surface area contributed by atoms with Crippen molar-refractivity contribution in [3.05, 3.63) is 21.7 Å². The summed E-state index contributed by atoms with van der Waals surface area (Å²) in [4.78, 5) is 3.32. The van der Waals surface area contributed by atoms with Crippen LogP contribution in [0.3, 0.4) is 0 Å². The van der Waals surface area contributed by atoms with Crippen molar-refractivity contribution < 1.29 is 17.6 Å². The quantitative estimate of drug-likeness (QED) is 0.446. The fourth-order valence-corrected chi connectivity index (χ4v) is 1.48. The van der Waals surface area contributed by atoms with E-state index < -0.39 is 28.1 Å². The van der Waals surface area contributed by atoms with Crippen molar-refractivity contribution in [2.45, 2.75) is 10.5 Å². The Morgan fingerprint density at radius 3 is 2.46 bits per heavy atom. The zero-order chi connectivity index (χ0) is 10.1. The number of hydrogen-bond acceptors (Lipinski definition) is 2. The van der Waals surface area contributed by atoms with Gasteiger partial charge in [-0.3, -0.25) is 0 Å². The minimum atomic E-state index is -4.50. The van der Waals surface area contributed by atoms with Crippen molar-refractivity contribution in [1.29, 1.82) is 0 Å². The Kier molecular flexibility index (Phi) is 3.38. The molecular weight excluding hydrogens is 321 g/mol. The molecule has 13 heavy (non-hydrogen) atoms. The summed E-state index contributed by atoms with van der Waals surface area (Å²) in [6.07, 6.45) is 1.18. The number of halogens is 5. The molecule has 0 aliphatic carbocycles. The number of aromatic nitrogens is 1. The highest BCUT2D eigenvalue weighted by molar-refractivity contribution is 14.1. The minimum Gasteiger partial charge on any atom is -0.245 e. The van der Waals surface area contributed by atoms with Crippen molar-refractivity contribution in [2.75, 3.05) is 0 Å². The van der Waals surface area contributed by atoms with Crippen LogP contribution in [0, 0.1) is 9.39 Å². The van der Waals surface area contributed by atoms with Crippen molar-refractivity contribution >= 4 is 34.4 Å². The van der Waals surface area contributed by atoms with E-state index in [0.29, 0.717) is 3.57 Å². The molecule has 0 atom stereocenters. The van der Waals surface area contributed by atoms with E-state index in [1.54, 1.807) is 22.6 Å². The largest absolute Gasteiger partial charge is 0.447 e. The first-order chi connectivity index (χ1) is 5.88. The van der Waals surface area contributed by atoms with Crippen molar-refractivity contribution in [3.63, 3.8) is 0 Å². The number of nitrogens with zero attached hydrogens (tertiary/aromatic N) is 1. The van der Waals surface area contributed by atoms with Gasteiger partial charge in [0.1, 0.15) is 5.03 Å². The second-order valence-electron chi connectivity index (χ2n) is 1.99. The molecule has 0 radical (unpaired) electrons. The summed E-state index contributed by atoms with van der Waals surface area (Å²) in [7, 11) is 0. The number of rotatable bonds is 1. The maximum atomic E-state index is 12.8. The van der Waals surface area contributed by atoms with Gasteiger partial charge >= 0.3 is 5.51 Å². The van der Waals surface area contributed by atoms with E-state index in [1.165, 1.54) is 6.20 Å². The van der Waals surface area contributed by atoms with Crippen LogP contribution in [-0.4, -0.2) is 10.5 Å². The first-order valence-electron chi connectivity index (χ1n) is 2.95. The zero-order valence-corrected chi connectivity index (χ0v) is 8.87. The summed E-state index contributed by atoms with van der Waals surface area (Å²) < 4.78 is 48.6. The normalized spacial score (nSPS) is 11.8. The molecule has 0 aliphatic heterocycles. The summed E-state index contributed by atoms with van der Waals surface area (Å²) >= 11 is 1.21. The van der Waals surface area contributed by atoms with Crippen LogP contribution in [0.4, 0.5) is 17.6 Å². The van der Waals surface area contributed by atoms with E-state index in [4.69, 9.17) is 0 Å². The molecule has 1 aromatic heterocycles. The SMILES string of the molecule is Fc1cc(I)cnc1SC(F)(F)F. The highest BCUT2D eigenvalue weighted by Gasteiger charge is 2.31. The first-order valence-corrected chi connectivity index (χ1v) is 4.85. The number of thioether (sulfide) groups is 1. The standard InChI is InChI=1S/C6H2F4INS/c7-4-1-3(11)2-12-5(4)13-6(8,9)10/h1-2H. The Hall–Kier alpha value is -0.0500. The van der Waals surface area contributed by atoms with Crippen LogP contribution in [0.15, 0.2) is 17.3 Å². The van der Waals surface area contributed by atoms with E-state index in [0.717, 1.165) is 6.07 Å². The second kappa shape index (κ2) is 3.99. The van der Waals surface area contributed by atoms with Crippen LogP contribution in [0.2, 0.25) is 0 Å². The summed E-state index contributed by atoms with van der Waals surface area (Å²) in [5.74, 6) is -0.950. The lowest BCUT2D eigenvalue weighted by Crippen LogP contribution is -2.02. The zero-order valence-electron chi connectivity index (χ0n) is 5.90. The van der Waals surface area contributed by atoms with Crippen LogP contribution in [0.25, 0.3) is 0 Å². The predicted octanol–water partition coefficient (Wildman–Crippen LogP) is 3.44. The predicted molar refractivity (Wildman–Crippen MR) is 48.8 cm³/mol. The van der Waals surface area contributed by atoms with Crippen LogP contribution >= 0.6 is 34.4 Å². The number of pyridine rings is 1. The third-order valence-electron chi connectivity index (χ3n) is 0.986. The molecule has 0 aromatic carbocycles. The molecule has 1 heterocycles. The highest BCUT2D eigenvalue weighted by atomic mass is 127. The van der Waals surface area contributed by atoms with Gasteiger partial charge in [0.25, 0.3) is 0 Å². The molecule has 0 spiro atoms. The maximum Gasteiger partial charge on any atom is 0.447 e. The average Bonchev–Trinajstić information content (AvgIpc) is 1.93. The monoisotopic (exact) mass is 323 g/mol. The molecule has 0 saturated heterocycles. The molecule has 1 aromatic rings. The van der Waals surface area contributed by atoms with Crippen LogP contribution in [0.1, 0.15) is 0 Å². The van der Waals surface area contributed by atoms with Crippen molar-refractivity contribution in [2.24, 2.45) is 0 Å². The van der Waals surface area contributed by atoms with Gasteiger partial charge in [-0.15, -0.1) is 0 Å². The first kappa shape index (κ1) is 11.0. The molecular formula is C6H2F4INS.